The Kier molecular flexibility index (Phi) is 6.91. The van der Waals surface area contributed by atoms with E-state index in [0.29, 0.717) is 5.56 Å². The lowest BCUT2D eigenvalue weighted by Crippen LogP contribution is -2.29. The predicted molar refractivity (Wildman–Crippen MR) is 102 cm³/mol. The van der Waals surface area contributed by atoms with Crippen LogP contribution in [0.4, 0.5) is 0 Å². The summed E-state index contributed by atoms with van der Waals surface area (Å²) in [7, 11) is 2.95. The number of nitrogens with zero attached hydrogens (tertiary/aromatic N) is 2. The minimum Gasteiger partial charge on any atom is -0.398 e. The van der Waals surface area contributed by atoms with Crippen molar-refractivity contribution < 1.29 is 14.5 Å². The van der Waals surface area contributed by atoms with Crippen LogP contribution in [0.25, 0.3) is 0 Å². The first-order chi connectivity index (χ1) is 12.6. The molecule has 0 spiro atoms. The van der Waals surface area contributed by atoms with Crippen LogP contribution in [0.3, 0.4) is 0 Å². The van der Waals surface area contributed by atoms with Crippen molar-refractivity contribution in [1.82, 2.24) is 5.32 Å². The van der Waals surface area contributed by atoms with Gasteiger partial charge in [0.05, 0.1) is 6.21 Å². The minimum absolute atomic E-state index is 0.195. The average molecular weight is 353 g/mol. The van der Waals surface area contributed by atoms with Crippen molar-refractivity contribution in [2.75, 3.05) is 14.2 Å². The van der Waals surface area contributed by atoms with Crippen LogP contribution in [0.2, 0.25) is 0 Å². The van der Waals surface area contributed by atoms with Gasteiger partial charge in [-0.05, 0) is 30.5 Å². The molecule has 2 aromatic carbocycles. The van der Waals surface area contributed by atoms with E-state index in [1.165, 1.54) is 7.11 Å². The predicted octanol–water partition coefficient (Wildman–Crippen LogP) is 2.95. The molecule has 0 heterocycles. The summed E-state index contributed by atoms with van der Waals surface area (Å²) in [5, 5.41) is 10.5. The molecule has 0 bridgehead atoms. The van der Waals surface area contributed by atoms with Crippen molar-refractivity contribution in [2.45, 2.75) is 20.5 Å². The molecule has 1 amide bonds. The molecule has 0 aliphatic rings. The summed E-state index contributed by atoms with van der Waals surface area (Å²) >= 11 is 0. The molecule has 0 aliphatic carbocycles. The number of benzene rings is 2. The molecule has 0 atom stereocenters. The molecule has 2 rings (SSSR count). The van der Waals surface area contributed by atoms with E-state index in [0.717, 1.165) is 22.3 Å². The summed E-state index contributed by atoms with van der Waals surface area (Å²) in [6.07, 6.45) is 1.68. The molecule has 0 radical (unpaired) electrons. The molecule has 0 saturated carbocycles. The van der Waals surface area contributed by atoms with Crippen LogP contribution >= 0.6 is 0 Å². The second-order valence-electron chi connectivity index (χ2n) is 5.67. The third kappa shape index (κ3) is 4.69. The van der Waals surface area contributed by atoms with Crippen molar-refractivity contribution in [3.05, 3.63) is 70.3 Å². The van der Waals surface area contributed by atoms with Crippen LogP contribution in [0, 0.1) is 13.8 Å². The number of hydrogen-bond donors (Lipinski definition) is 1. The average Bonchev–Trinajstić information content (AvgIpc) is 2.65. The monoisotopic (exact) mass is 353 g/mol. The third-order valence-corrected chi connectivity index (χ3v) is 3.95. The second-order valence-corrected chi connectivity index (χ2v) is 5.67. The largest absolute Gasteiger partial charge is 0.398 e. The number of nitrogens with one attached hydrogen (secondary N) is 1. The summed E-state index contributed by atoms with van der Waals surface area (Å²) < 4.78 is 0. The van der Waals surface area contributed by atoms with E-state index in [4.69, 9.17) is 9.68 Å². The molecule has 6 nitrogen and oxygen atoms in total. The summed E-state index contributed by atoms with van der Waals surface area (Å²) in [5.41, 5.74) is 4.75. The van der Waals surface area contributed by atoms with Gasteiger partial charge in [-0.1, -0.05) is 52.8 Å². The molecule has 2 aromatic rings. The summed E-state index contributed by atoms with van der Waals surface area (Å²) in [5.74, 6) is -0.331. The number of carbonyl (C=O) groups is 1. The van der Waals surface area contributed by atoms with E-state index in [-0.39, 0.29) is 18.2 Å². The van der Waals surface area contributed by atoms with E-state index in [1.807, 2.05) is 56.3 Å². The number of amides is 1. The lowest BCUT2D eigenvalue weighted by Gasteiger charge is -2.12. The van der Waals surface area contributed by atoms with E-state index in [1.54, 1.807) is 13.3 Å². The number of rotatable bonds is 7. The Morgan fingerprint density at radius 1 is 1.12 bits per heavy atom. The third-order valence-electron chi connectivity index (χ3n) is 3.95. The van der Waals surface area contributed by atoms with Gasteiger partial charge in [-0.3, -0.25) is 4.79 Å². The highest BCUT2D eigenvalue weighted by Crippen LogP contribution is 2.17. The maximum Gasteiger partial charge on any atom is 0.273 e. The highest BCUT2D eigenvalue weighted by molar-refractivity contribution is 6.45. The first-order valence-corrected chi connectivity index (χ1v) is 8.21. The van der Waals surface area contributed by atoms with Crippen LogP contribution in [0.1, 0.15) is 27.8 Å². The zero-order valence-corrected chi connectivity index (χ0v) is 15.4. The number of oxime groups is 2. The fourth-order valence-corrected chi connectivity index (χ4v) is 2.47. The molecule has 6 heteroatoms. The van der Waals surface area contributed by atoms with Gasteiger partial charge < -0.3 is 15.0 Å². The summed E-state index contributed by atoms with van der Waals surface area (Å²) in [6.45, 7) is 4.17. The van der Waals surface area contributed by atoms with Crippen molar-refractivity contribution in [3.63, 3.8) is 0 Å². The van der Waals surface area contributed by atoms with Crippen molar-refractivity contribution in [1.29, 1.82) is 0 Å². The Bertz CT molecular complexity index is 829. The van der Waals surface area contributed by atoms with Crippen molar-refractivity contribution >= 4 is 17.8 Å². The topological polar surface area (TPSA) is 72.3 Å². The standard InChI is InChI=1S/C20H23N3O3/c1-14-8-5-6-10-16(14)12-22-26-13-18-15(2)9-7-11-17(18)19(23-25-4)20(24)21-3/h5-12H,13H2,1-4H3,(H,21,24)/b22-12+,23-19+. The zero-order valence-electron chi connectivity index (χ0n) is 15.4. The van der Waals surface area contributed by atoms with Gasteiger partial charge in [-0.2, -0.15) is 0 Å². The Balaban J connectivity index is 2.23. The molecular weight excluding hydrogens is 330 g/mol. The van der Waals surface area contributed by atoms with Gasteiger partial charge in [-0.25, -0.2) is 0 Å². The van der Waals surface area contributed by atoms with Crippen LogP contribution in [-0.2, 0) is 21.1 Å². The minimum atomic E-state index is -0.331. The Morgan fingerprint density at radius 3 is 2.54 bits per heavy atom. The van der Waals surface area contributed by atoms with Gasteiger partial charge in [0.1, 0.15) is 13.7 Å². The molecule has 0 aliphatic heterocycles. The molecule has 1 N–H and O–H groups in total. The lowest BCUT2D eigenvalue weighted by atomic mass is 9.98. The molecule has 26 heavy (non-hydrogen) atoms. The smallest absolute Gasteiger partial charge is 0.273 e. The van der Waals surface area contributed by atoms with Crippen molar-refractivity contribution in [3.8, 4) is 0 Å². The van der Waals surface area contributed by atoms with E-state index in [9.17, 15) is 4.79 Å². The van der Waals surface area contributed by atoms with Gasteiger partial charge >= 0.3 is 0 Å². The quantitative estimate of drug-likeness (QED) is 0.614. The Morgan fingerprint density at radius 2 is 1.85 bits per heavy atom. The summed E-state index contributed by atoms with van der Waals surface area (Å²) in [6, 6.07) is 13.5. The maximum absolute atomic E-state index is 12.1. The Labute approximate surface area is 153 Å². The molecule has 136 valence electrons. The number of hydrogen-bond acceptors (Lipinski definition) is 5. The van der Waals surface area contributed by atoms with E-state index < -0.39 is 0 Å². The van der Waals surface area contributed by atoms with E-state index >= 15 is 0 Å². The van der Waals surface area contributed by atoms with Gasteiger partial charge in [0.15, 0.2) is 5.71 Å². The van der Waals surface area contributed by atoms with Gasteiger partial charge in [0, 0.05) is 18.2 Å². The molecular formula is C20H23N3O3. The van der Waals surface area contributed by atoms with Crippen molar-refractivity contribution in [2.24, 2.45) is 10.3 Å². The molecule has 0 unspecified atom stereocenters. The zero-order chi connectivity index (χ0) is 18.9. The fourth-order valence-electron chi connectivity index (χ4n) is 2.47. The summed E-state index contributed by atoms with van der Waals surface area (Å²) in [4.78, 5) is 22.4. The van der Waals surface area contributed by atoms with Crippen LogP contribution < -0.4 is 5.32 Å². The first-order valence-electron chi connectivity index (χ1n) is 8.21. The second kappa shape index (κ2) is 9.36. The Hall–Kier alpha value is -3.15. The normalized spacial score (nSPS) is 11.5. The number of carbonyl (C=O) groups excluding carboxylic acids is 1. The maximum atomic E-state index is 12.1. The van der Waals surface area contributed by atoms with Gasteiger partial charge in [-0.15, -0.1) is 0 Å². The first kappa shape index (κ1) is 19.2. The SMILES string of the molecule is CNC(=O)/C(=N/OC)c1cccc(C)c1CO/N=C/c1ccccc1C. The highest BCUT2D eigenvalue weighted by Gasteiger charge is 2.19. The molecule has 0 fully saturated rings. The number of likely N-dealkylation sites (N-methyl/N-ethyl adjacent to an activating group) is 1. The molecule has 0 saturated heterocycles. The lowest BCUT2D eigenvalue weighted by molar-refractivity contribution is -0.114. The van der Waals surface area contributed by atoms with Crippen LogP contribution in [-0.4, -0.2) is 32.0 Å². The van der Waals surface area contributed by atoms with Gasteiger partial charge in [0.25, 0.3) is 5.91 Å². The van der Waals surface area contributed by atoms with Crippen LogP contribution in [0.5, 0.6) is 0 Å². The fraction of sp³-hybridized carbons (Fsp3) is 0.250. The van der Waals surface area contributed by atoms with E-state index in [2.05, 4.69) is 15.6 Å². The highest BCUT2D eigenvalue weighted by atomic mass is 16.6. The van der Waals surface area contributed by atoms with Gasteiger partial charge in [0.2, 0.25) is 0 Å². The molecule has 0 aromatic heterocycles. The number of aryl methyl sites for hydroxylation is 2. The van der Waals surface area contributed by atoms with Crippen LogP contribution in [0.15, 0.2) is 52.8 Å².